The molecule has 0 saturated carbocycles. The van der Waals surface area contributed by atoms with Gasteiger partial charge in [0.25, 0.3) is 0 Å². The Labute approximate surface area is 231 Å². The maximum absolute atomic E-state index is 15.6. The van der Waals surface area contributed by atoms with Crippen molar-refractivity contribution in [2.45, 2.75) is 38.0 Å². The van der Waals surface area contributed by atoms with Gasteiger partial charge in [-0.3, -0.25) is 19.0 Å². The Kier molecular flexibility index (Phi) is 6.48. The number of alkyl halides is 3. The Balaban J connectivity index is 1.35. The predicted octanol–water partition coefficient (Wildman–Crippen LogP) is 4.27. The fourth-order valence-electron chi connectivity index (χ4n) is 5.84. The van der Waals surface area contributed by atoms with Crippen molar-refractivity contribution in [3.63, 3.8) is 0 Å². The Morgan fingerprint density at radius 2 is 1.93 bits per heavy atom. The highest BCUT2D eigenvalue weighted by atomic mass is 19.4. The molecule has 1 amide bonds. The molecular weight excluding hydrogens is 544 g/mol. The molecule has 2 saturated heterocycles. The van der Waals surface area contributed by atoms with Crippen LogP contribution >= 0.6 is 0 Å². The van der Waals surface area contributed by atoms with Crippen molar-refractivity contribution < 1.29 is 31.9 Å². The maximum Gasteiger partial charge on any atom is 0.416 e. The zero-order valence-electron chi connectivity index (χ0n) is 21.7. The molecule has 0 radical (unpaired) electrons. The normalized spacial score (nSPS) is 20.5. The second-order valence-corrected chi connectivity index (χ2v) is 10.2. The molecule has 2 aliphatic heterocycles. The summed E-state index contributed by atoms with van der Waals surface area (Å²) < 4.78 is 62.0. The Morgan fingerprint density at radius 3 is 2.66 bits per heavy atom. The van der Waals surface area contributed by atoms with Gasteiger partial charge in [0.15, 0.2) is 5.78 Å². The second kappa shape index (κ2) is 9.91. The third-order valence-corrected chi connectivity index (χ3v) is 7.69. The molecule has 0 bridgehead atoms. The summed E-state index contributed by atoms with van der Waals surface area (Å²) in [5.41, 5.74) is 5.77. The van der Waals surface area contributed by atoms with Crippen LogP contribution in [0.3, 0.4) is 0 Å². The zero-order chi connectivity index (χ0) is 29.1. The van der Waals surface area contributed by atoms with Gasteiger partial charge in [-0.1, -0.05) is 6.07 Å². The fourth-order valence-corrected chi connectivity index (χ4v) is 5.84. The molecule has 2 N–H and O–H groups in total. The van der Waals surface area contributed by atoms with E-state index < -0.39 is 35.8 Å². The largest absolute Gasteiger partial charge is 0.416 e. The lowest BCUT2D eigenvalue weighted by Gasteiger charge is -2.27. The van der Waals surface area contributed by atoms with Crippen LogP contribution in [0.2, 0.25) is 0 Å². The van der Waals surface area contributed by atoms with Gasteiger partial charge < -0.3 is 15.4 Å². The average molecular weight is 569 g/mol. The summed E-state index contributed by atoms with van der Waals surface area (Å²) >= 11 is 0. The van der Waals surface area contributed by atoms with Gasteiger partial charge >= 0.3 is 6.18 Å². The highest BCUT2D eigenvalue weighted by Gasteiger charge is 2.48. The van der Waals surface area contributed by atoms with Crippen molar-refractivity contribution in [3.05, 3.63) is 77.4 Å². The van der Waals surface area contributed by atoms with E-state index in [0.717, 1.165) is 24.4 Å². The molecule has 3 aromatic heterocycles. The van der Waals surface area contributed by atoms with Crippen molar-refractivity contribution in [1.29, 1.82) is 0 Å². The molecule has 3 atom stereocenters. The molecule has 13 heteroatoms. The van der Waals surface area contributed by atoms with E-state index in [-0.39, 0.29) is 46.2 Å². The van der Waals surface area contributed by atoms with E-state index in [1.54, 1.807) is 15.5 Å². The first-order valence-corrected chi connectivity index (χ1v) is 12.9. The molecule has 0 unspecified atom stereocenters. The Hall–Kier alpha value is -4.39. The van der Waals surface area contributed by atoms with Crippen LogP contribution in [0.15, 0.2) is 48.9 Å². The predicted molar refractivity (Wildman–Crippen MR) is 138 cm³/mol. The van der Waals surface area contributed by atoms with Crippen LogP contribution in [0.5, 0.6) is 0 Å². The van der Waals surface area contributed by atoms with Crippen molar-refractivity contribution in [1.82, 2.24) is 24.3 Å². The van der Waals surface area contributed by atoms with Crippen LogP contribution in [0, 0.1) is 11.7 Å². The topological polar surface area (TPSA) is 116 Å². The van der Waals surface area contributed by atoms with Gasteiger partial charge in [-0.2, -0.15) is 13.2 Å². The molecule has 5 heterocycles. The summed E-state index contributed by atoms with van der Waals surface area (Å²) in [5, 5.41) is 0. The van der Waals surface area contributed by atoms with E-state index in [9.17, 15) is 22.8 Å². The minimum Gasteiger partial charge on any atom is -0.382 e. The number of hydrogen-bond donors (Lipinski definition) is 1. The number of carbonyl (C=O) groups excluding carboxylic acids is 2. The number of nitrogens with two attached hydrogens (primary N) is 1. The maximum atomic E-state index is 15.6. The number of Topliss-reactive ketones (excluding diaryl/α,β-unsaturated/α-hetero) is 1. The number of nitrogen functional groups attached to an aromatic ring is 1. The molecule has 41 heavy (non-hydrogen) atoms. The summed E-state index contributed by atoms with van der Waals surface area (Å²) in [5.74, 6) is -0.750. The van der Waals surface area contributed by atoms with Gasteiger partial charge in [0.1, 0.15) is 28.7 Å². The first kappa shape index (κ1) is 26.8. The number of nitrogens with zero attached hydrogens (tertiary/aromatic N) is 5. The van der Waals surface area contributed by atoms with Gasteiger partial charge in [0, 0.05) is 48.3 Å². The number of carbonyl (C=O) groups is 2. The third kappa shape index (κ3) is 4.69. The lowest BCUT2D eigenvalue weighted by atomic mass is 10.0. The number of likely N-dealkylation sites (tertiary alicyclic amines) is 1. The Morgan fingerprint density at radius 1 is 1.12 bits per heavy atom. The molecule has 1 aromatic carbocycles. The van der Waals surface area contributed by atoms with Gasteiger partial charge in [0.05, 0.1) is 37.3 Å². The van der Waals surface area contributed by atoms with Crippen LogP contribution < -0.4 is 5.73 Å². The standard InChI is InChI=1S/C28H24F4N6O3/c1-14(39)38-21(9-16-12-41-13-22(16)38)27-36-24(25-26(33)35-6-7-37(25)27)19-3-2-15(8-20(19)29)23(40)11-18-10-17(4-5-34-18)28(30,31)32/h2-8,10,16,21-22H,9,11-13H2,1H3,(H2,33,35)/t16-,21-,22+/m0/s1. The molecule has 0 spiro atoms. The van der Waals surface area contributed by atoms with Crippen LogP contribution in [-0.4, -0.2) is 55.2 Å². The van der Waals surface area contributed by atoms with Crippen LogP contribution in [-0.2, 0) is 22.1 Å². The van der Waals surface area contributed by atoms with E-state index in [1.807, 2.05) is 0 Å². The number of fused-ring (bicyclic) bond motifs is 2. The number of rotatable bonds is 5. The number of ether oxygens (including phenoxy) is 1. The van der Waals surface area contributed by atoms with Crippen molar-refractivity contribution >= 4 is 23.0 Å². The summed E-state index contributed by atoms with van der Waals surface area (Å²) in [4.78, 5) is 40.0. The fraction of sp³-hybridized carbons (Fsp3) is 0.321. The lowest BCUT2D eigenvalue weighted by molar-refractivity contribution is -0.137. The first-order chi connectivity index (χ1) is 19.5. The second-order valence-electron chi connectivity index (χ2n) is 10.2. The number of amides is 1. The molecule has 6 rings (SSSR count). The highest BCUT2D eigenvalue weighted by molar-refractivity contribution is 5.98. The lowest BCUT2D eigenvalue weighted by Crippen LogP contribution is -2.38. The molecule has 4 aromatic rings. The number of benzene rings is 1. The molecule has 212 valence electrons. The van der Waals surface area contributed by atoms with Crippen molar-refractivity contribution in [3.8, 4) is 11.3 Å². The molecule has 0 aliphatic carbocycles. The summed E-state index contributed by atoms with van der Waals surface area (Å²) in [6, 6.07) is 4.91. The quantitative estimate of drug-likeness (QED) is 0.283. The van der Waals surface area contributed by atoms with Crippen molar-refractivity contribution in [2.75, 3.05) is 18.9 Å². The van der Waals surface area contributed by atoms with E-state index in [2.05, 4.69) is 9.97 Å². The monoisotopic (exact) mass is 568 g/mol. The number of ketones is 1. The van der Waals surface area contributed by atoms with E-state index >= 15 is 4.39 Å². The minimum absolute atomic E-state index is 0.0355. The van der Waals surface area contributed by atoms with Crippen molar-refractivity contribution in [2.24, 2.45) is 5.92 Å². The number of aromatic nitrogens is 4. The van der Waals surface area contributed by atoms with E-state index in [4.69, 9.17) is 15.5 Å². The number of hydrogen-bond acceptors (Lipinski definition) is 7. The van der Waals surface area contributed by atoms with E-state index in [1.165, 1.54) is 25.3 Å². The zero-order valence-corrected chi connectivity index (χ0v) is 21.7. The minimum atomic E-state index is -4.58. The van der Waals surface area contributed by atoms with Gasteiger partial charge in [-0.05, 0) is 30.7 Å². The SMILES string of the molecule is CC(=O)N1[C@@H]2COC[C@@H]2C[C@H]1c1nc(-c2ccc(C(=O)Cc3cc(C(F)(F)F)ccn3)cc2F)c2c(N)nccn12. The molecule has 2 aliphatic rings. The average Bonchev–Trinajstić information content (AvgIpc) is 3.61. The van der Waals surface area contributed by atoms with Gasteiger partial charge in [-0.15, -0.1) is 0 Å². The highest BCUT2D eigenvalue weighted by Crippen LogP contribution is 2.44. The van der Waals surface area contributed by atoms with Gasteiger partial charge in [0.2, 0.25) is 5.91 Å². The molecular formula is C28H24F4N6O3. The number of anilines is 1. The molecule has 2 fully saturated rings. The van der Waals surface area contributed by atoms with Crippen LogP contribution in [0.1, 0.15) is 46.8 Å². The van der Waals surface area contributed by atoms with Crippen LogP contribution in [0.25, 0.3) is 16.8 Å². The van der Waals surface area contributed by atoms with Gasteiger partial charge in [-0.25, -0.2) is 14.4 Å². The third-order valence-electron chi connectivity index (χ3n) is 7.69. The summed E-state index contributed by atoms with van der Waals surface area (Å²) in [7, 11) is 0. The Bertz CT molecular complexity index is 1690. The number of halogens is 4. The van der Waals surface area contributed by atoms with Crippen LogP contribution in [0.4, 0.5) is 23.4 Å². The number of imidazole rings is 1. The first-order valence-electron chi connectivity index (χ1n) is 12.9. The van der Waals surface area contributed by atoms with E-state index in [0.29, 0.717) is 31.0 Å². The molecule has 9 nitrogen and oxygen atoms in total. The number of pyridine rings is 1. The summed E-state index contributed by atoms with van der Waals surface area (Å²) in [6.07, 6.45) is -0.278. The smallest absolute Gasteiger partial charge is 0.382 e. The summed E-state index contributed by atoms with van der Waals surface area (Å²) in [6.45, 7) is 2.45.